The van der Waals surface area contributed by atoms with Crippen LogP contribution in [0, 0.1) is 5.92 Å². The van der Waals surface area contributed by atoms with E-state index in [-0.39, 0.29) is 0 Å². The highest BCUT2D eigenvalue weighted by molar-refractivity contribution is 5.53. The van der Waals surface area contributed by atoms with Crippen LogP contribution < -0.4 is 10.2 Å². The molecule has 3 nitrogen and oxygen atoms in total. The van der Waals surface area contributed by atoms with E-state index >= 15 is 0 Å². The van der Waals surface area contributed by atoms with Crippen LogP contribution in [0.3, 0.4) is 0 Å². The van der Waals surface area contributed by atoms with Crippen molar-refractivity contribution in [3.63, 3.8) is 0 Å². The molecule has 2 fully saturated rings. The lowest BCUT2D eigenvalue weighted by Crippen LogP contribution is -2.30. The average molecular weight is 245 g/mol. The van der Waals surface area contributed by atoms with Crippen molar-refractivity contribution >= 4 is 5.69 Å². The highest BCUT2D eigenvalue weighted by Crippen LogP contribution is 2.38. The van der Waals surface area contributed by atoms with E-state index in [4.69, 9.17) is 0 Å². The van der Waals surface area contributed by atoms with Crippen molar-refractivity contribution in [1.82, 2.24) is 10.3 Å². The first-order valence-corrected chi connectivity index (χ1v) is 7.28. The van der Waals surface area contributed by atoms with E-state index in [2.05, 4.69) is 34.4 Å². The molecule has 1 aromatic heterocycles. The highest BCUT2D eigenvalue weighted by Gasteiger charge is 2.34. The summed E-state index contributed by atoms with van der Waals surface area (Å²) in [6.45, 7) is 5.38. The molecule has 1 N–H and O–H groups in total. The molecule has 0 radical (unpaired) electrons. The van der Waals surface area contributed by atoms with Gasteiger partial charge in [0, 0.05) is 25.3 Å². The van der Waals surface area contributed by atoms with Crippen molar-refractivity contribution < 1.29 is 0 Å². The fraction of sp³-hybridized carbons (Fsp3) is 0.667. The van der Waals surface area contributed by atoms with Crippen LogP contribution in [0.1, 0.15) is 38.2 Å². The zero-order valence-corrected chi connectivity index (χ0v) is 11.2. The monoisotopic (exact) mass is 245 g/mol. The number of nitrogens with zero attached hydrogens (tertiary/aromatic N) is 2. The maximum absolute atomic E-state index is 4.34. The van der Waals surface area contributed by atoms with Crippen LogP contribution in [0.4, 0.5) is 5.69 Å². The maximum atomic E-state index is 4.34. The van der Waals surface area contributed by atoms with Crippen molar-refractivity contribution in [2.75, 3.05) is 18.0 Å². The molecule has 0 atom stereocenters. The molecule has 2 saturated carbocycles. The van der Waals surface area contributed by atoms with Gasteiger partial charge in [0.15, 0.2) is 0 Å². The zero-order chi connectivity index (χ0) is 12.4. The third kappa shape index (κ3) is 2.83. The molecular weight excluding hydrogens is 222 g/mol. The van der Waals surface area contributed by atoms with Crippen molar-refractivity contribution in [1.29, 1.82) is 0 Å². The summed E-state index contributed by atoms with van der Waals surface area (Å²) < 4.78 is 0. The Balaban J connectivity index is 1.78. The smallest absolute Gasteiger partial charge is 0.0600 e. The van der Waals surface area contributed by atoms with E-state index in [1.54, 1.807) is 0 Å². The Morgan fingerprint density at radius 3 is 2.83 bits per heavy atom. The zero-order valence-electron chi connectivity index (χ0n) is 11.2. The topological polar surface area (TPSA) is 28.2 Å². The number of hydrogen-bond acceptors (Lipinski definition) is 3. The Kier molecular flexibility index (Phi) is 3.50. The Bertz CT molecular complexity index is 396. The van der Waals surface area contributed by atoms with Gasteiger partial charge in [-0.05, 0) is 49.8 Å². The number of anilines is 1. The van der Waals surface area contributed by atoms with E-state index < -0.39 is 0 Å². The number of hydrogen-bond donors (Lipinski definition) is 1. The normalized spacial score (nSPS) is 18.9. The van der Waals surface area contributed by atoms with Gasteiger partial charge in [0.1, 0.15) is 0 Å². The summed E-state index contributed by atoms with van der Waals surface area (Å²) in [5.41, 5.74) is 2.77. The molecule has 0 unspecified atom stereocenters. The van der Waals surface area contributed by atoms with E-state index in [1.165, 1.54) is 43.5 Å². The molecule has 3 rings (SSSR count). The summed E-state index contributed by atoms with van der Waals surface area (Å²) >= 11 is 0. The largest absolute Gasteiger partial charge is 0.367 e. The highest BCUT2D eigenvalue weighted by atomic mass is 15.2. The van der Waals surface area contributed by atoms with Gasteiger partial charge in [-0.3, -0.25) is 4.98 Å². The predicted molar refractivity (Wildman–Crippen MR) is 74.7 cm³/mol. The van der Waals surface area contributed by atoms with Crippen LogP contribution in [-0.2, 0) is 6.54 Å². The van der Waals surface area contributed by atoms with Gasteiger partial charge in [0.25, 0.3) is 0 Å². The molecule has 0 spiro atoms. The number of rotatable bonds is 7. The molecule has 0 aromatic carbocycles. The summed E-state index contributed by atoms with van der Waals surface area (Å²) in [6.07, 6.45) is 9.55. The van der Waals surface area contributed by atoms with Gasteiger partial charge >= 0.3 is 0 Å². The quantitative estimate of drug-likeness (QED) is 0.800. The lowest BCUT2D eigenvalue weighted by molar-refractivity contribution is 0.692. The van der Waals surface area contributed by atoms with Gasteiger partial charge in [0.2, 0.25) is 0 Å². The Morgan fingerprint density at radius 1 is 1.33 bits per heavy atom. The van der Waals surface area contributed by atoms with E-state index in [0.29, 0.717) is 0 Å². The molecule has 98 valence electrons. The number of pyridine rings is 1. The second-order valence-corrected chi connectivity index (χ2v) is 5.61. The standard InChI is InChI=1S/C15H23N3/c1-2-16-9-13-7-8-17-10-15(13)18(14-5-6-14)11-12-3-4-12/h7-8,10,12,14,16H,2-6,9,11H2,1H3. The fourth-order valence-electron chi connectivity index (χ4n) is 2.49. The second-order valence-electron chi connectivity index (χ2n) is 5.61. The van der Waals surface area contributed by atoms with Gasteiger partial charge in [0.05, 0.1) is 11.9 Å². The minimum atomic E-state index is 0.787. The summed E-state index contributed by atoms with van der Waals surface area (Å²) in [5.74, 6) is 0.942. The first-order chi connectivity index (χ1) is 8.88. The van der Waals surface area contributed by atoms with Gasteiger partial charge in [-0.15, -0.1) is 0 Å². The van der Waals surface area contributed by atoms with Crippen molar-refractivity contribution in [3.05, 3.63) is 24.0 Å². The van der Waals surface area contributed by atoms with Crippen LogP contribution in [0.2, 0.25) is 0 Å². The average Bonchev–Trinajstić information content (AvgIpc) is 3.27. The van der Waals surface area contributed by atoms with Crippen LogP contribution in [0.15, 0.2) is 18.5 Å². The Labute approximate surface area is 110 Å². The molecule has 0 bridgehead atoms. The Hall–Kier alpha value is -1.09. The van der Waals surface area contributed by atoms with E-state index in [1.807, 2.05) is 6.20 Å². The molecule has 1 aromatic rings. The van der Waals surface area contributed by atoms with Crippen molar-refractivity contribution in [3.8, 4) is 0 Å². The van der Waals surface area contributed by atoms with Crippen LogP contribution >= 0.6 is 0 Å². The molecular formula is C15H23N3. The molecule has 0 amide bonds. The lowest BCUT2D eigenvalue weighted by atomic mass is 10.2. The lowest BCUT2D eigenvalue weighted by Gasteiger charge is -2.26. The van der Waals surface area contributed by atoms with Crippen LogP contribution in [0.25, 0.3) is 0 Å². The minimum Gasteiger partial charge on any atom is -0.367 e. The first kappa shape index (κ1) is 12.0. The summed E-state index contributed by atoms with van der Waals surface area (Å²) in [4.78, 5) is 6.97. The number of aromatic nitrogens is 1. The third-order valence-electron chi connectivity index (χ3n) is 3.90. The molecule has 1 heterocycles. The molecule has 0 saturated heterocycles. The second kappa shape index (κ2) is 5.27. The van der Waals surface area contributed by atoms with Gasteiger partial charge in [-0.1, -0.05) is 6.92 Å². The minimum absolute atomic E-state index is 0.787. The van der Waals surface area contributed by atoms with E-state index in [0.717, 1.165) is 25.0 Å². The summed E-state index contributed by atoms with van der Waals surface area (Å²) in [6, 6.07) is 2.95. The van der Waals surface area contributed by atoms with Crippen molar-refractivity contribution in [2.24, 2.45) is 5.92 Å². The van der Waals surface area contributed by atoms with Gasteiger partial charge < -0.3 is 10.2 Å². The Morgan fingerprint density at radius 2 is 2.17 bits per heavy atom. The van der Waals surface area contributed by atoms with Crippen LogP contribution in [0.5, 0.6) is 0 Å². The van der Waals surface area contributed by atoms with Gasteiger partial charge in [-0.2, -0.15) is 0 Å². The van der Waals surface area contributed by atoms with Crippen LogP contribution in [-0.4, -0.2) is 24.1 Å². The molecule has 3 heteroatoms. The third-order valence-corrected chi connectivity index (χ3v) is 3.90. The SMILES string of the molecule is CCNCc1ccncc1N(CC1CC1)C1CC1. The van der Waals surface area contributed by atoms with E-state index in [9.17, 15) is 0 Å². The summed E-state index contributed by atoms with van der Waals surface area (Å²) in [7, 11) is 0. The van der Waals surface area contributed by atoms with Crippen molar-refractivity contribution in [2.45, 2.75) is 45.2 Å². The first-order valence-electron chi connectivity index (χ1n) is 7.28. The molecule has 18 heavy (non-hydrogen) atoms. The summed E-state index contributed by atoms with van der Waals surface area (Å²) in [5, 5.41) is 3.43. The number of nitrogens with one attached hydrogen (secondary N) is 1. The fourth-order valence-corrected chi connectivity index (χ4v) is 2.49. The molecule has 0 aliphatic heterocycles. The molecule has 2 aliphatic rings. The maximum Gasteiger partial charge on any atom is 0.0600 e. The molecule has 2 aliphatic carbocycles. The predicted octanol–water partition coefficient (Wildman–Crippen LogP) is 2.57. The van der Waals surface area contributed by atoms with Gasteiger partial charge in [-0.25, -0.2) is 0 Å².